The Kier molecular flexibility index (Phi) is 16.4. The molecule has 0 N–H and O–H groups in total. The van der Waals surface area contributed by atoms with Gasteiger partial charge in [0.15, 0.2) is 5.82 Å². The number of para-hydroxylation sites is 3. The van der Waals surface area contributed by atoms with E-state index in [4.69, 9.17) is 9.97 Å². The van der Waals surface area contributed by atoms with Gasteiger partial charge in [0.25, 0.3) is 0 Å². The molecule has 0 aliphatic carbocycles. The average Bonchev–Trinajstić information content (AvgIpc) is 0.890. The maximum absolute atomic E-state index is 6.15. The highest BCUT2D eigenvalue weighted by Crippen LogP contribution is 2.78. The van der Waals surface area contributed by atoms with E-state index < -0.39 is 20.1 Å². The molecule has 0 spiro atoms. The van der Waals surface area contributed by atoms with Crippen molar-refractivity contribution in [2.45, 2.75) is 39.2 Å². The molecular weight excluding hydrogens is 1320 g/mol. The third kappa shape index (κ3) is 11.1. The third-order valence-corrected chi connectivity index (χ3v) is 28.4. The highest BCUT2D eigenvalue weighted by Gasteiger charge is 2.40. The molecule has 106 heavy (non-hydrogen) atoms. The minimum absolute atomic E-state index is 0.583. The number of hydrogen-bond acceptors (Lipinski definition) is 2. The smallest absolute Gasteiger partial charge is 0.163 e. The molecular formula is C100H70N4S2. The van der Waals surface area contributed by atoms with Crippen molar-refractivity contribution >= 4 is 63.7 Å². The monoisotopic (exact) mass is 1390 g/mol. The van der Waals surface area contributed by atoms with Gasteiger partial charge in [-0.15, -0.1) is 20.1 Å². The minimum atomic E-state index is -2.64. The molecule has 0 fully saturated rings. The highest BCUT2D eigenvalue weighted by atomic mass is 32.3. The summed E-state index contributed by atoms with van der Waals surface area (Å²) in [6.45, 7) is 0. The Morgan fingerprint density at radius 1 is 0.160 bits per heavy atom. The summed E-state index contributed by atoms with van der Waals surface area (Å²) in [6.07, 6.45) is 0. The predicted molar refractivity (Wildman–Crippen MR) is 443 cm³/mol. The zero-order chi connectivity index (χ0) is 70.4. The summed E-state index contributed by atoms with van der Waals surface area (Å²) in [5, 5.41) is 4.57. The summed E-state index contributed by atoms with van der Waals surface area (Å²) in [4.78, 5) is 21.7. The number of fused-ring (bicyclic) bond motifs is 6. The van der Waals surface area contributed by atoms with Crippen LogP contribution in [0.25, 0.3) is 122 Å². The first-order chi connectivity index (χ1) is 52.5. The first-order valence-corrected chi connectivity index (χ1v) is 39.3. The molecule has 0 aliphatic rings. The molecule has 0 unspecified atom stereocenters. The largest absolute Gasteiger partial charge is 0.294 e. The van der Waals surface area contributed by atoms with E-state index in [1.165, 1.54) is 29.4 Å². The van der Waals surface area contributed by atoms with Gasteiger partial charge in [-0.25, -0.2) is 9.97 Å². The zero-order valence-electron chi connectivity index (χ0n) is 58.0. The summed E-state index contributed by atoms with van der Waals surface area (Å²) >= 11 is 0. The van der Waals surface area contributed by atoms with Gasteiger partial charge in [-0.2, -0.15) is 0 Å². The lowest BCUT2D eigenvalue weighted by atomic mass is 10.0. The number of hydrogen-bond donors (Lipinski definition) is 0. The molecule has 0 saturated heterocycles. The molecule has 0 atom stereocenters. The Bertz CT molecular complexity index is 5990. The molecule has 0 saturated carbocycles. The van der Waals surface area contributed by atoms with Crippen LogP contribution in [-0.4, -0.2) is 19.1 Å². The quantitative estimate of drug-likeness (QED) is 0.0966. The van der Waals surface area contributed by atoms with Crippen molar-refractivity contribution in [2.24, 2.45) is 0 Å². The molecule has 4 nitrogen and oxygen atoms in total. The van der Waals surface area contributed by atoms with Crippen molar-refractivity contribution in [3.8, 4) is 78.7 Å². The van der Waals surface area contributed by atoms with Crippen molar-refractivity contribution in [3.63, 3.8) is 0 Å². The molecule has 0 amide bonds. The van der Waals surface area contributed by atoms with Crippen LogP contribution >= 0.6 is 20.1 Å². The highest BCUT2D eigenvalue weighted by molar-refractivity contribution is 8.34. The van der Waals surface area contributed by atoms with E-state index >= 15 is 0 Å². The maximum atomic E-state index is 6.15. The van der Waals surface area contributed by atoms with Crippen LogP contribution in [0.3, 0.4) is 0 Å². The van der Waals surface area contributed by atoms with E-state index in [1.807, 2.05) is 0 Å². The topological polar surface area (TPSA) is 35.6 Å². The lowest BCUT2D eigenvalue weighted by Crippen LogP contribution is -2.11. The Morgan fingerprint density at radius 3 is 0.755 bits per heavy atom. The summed E-state index contributed by atoms with van der Waals surface area (Å²) in [7, 11) is -5.27. The second-order valence-electron chi connectivity index (χ2n) is 26.8. The normalized spacial score (nSPS) is 12.1. The molecule has 19 rings (SSSR count). The molecule has 3 aromatic heterocycles. The van der Waals surface area contributed by atoms with Gasteiger partial charge in [0.2, 0.25) is 0 Å². The van der Waals surface area contributed by atoms with Crippen LogP contribution in [0.15, 0.2) is 464 Å². The summed E-state index contributed by atoms with van der Waals surface area (Å²) < 4.78 is 4.74. The van der Waals surface area contributed by atoms with Gasteiger partial charge in [0.1, 0.15) is 11.6 Å². The number of rotatable bonds is 16. The molecule has 3 heterocycles. The standard InChI is InChI=1S/C100H70N4S2/c1-8-32-71(33-9-1)76-42-28-50-84(62-76)105(82-46-18-6-19-47-82,85-51-29-43-77(63-85)72-34-10-2-11-35-72)88-66-81(67-89(69-88)106(83-48-20-7-21-49-83,86-52-30-44-78(64-86)73-36-12-3-13-37-73)87-53-31-45-79(65-87)74-38-14-4-15-39-74)100-101-98(103-94-57-25-22-54-90(94)91-55-23-26-58-95(91)103)70-99(102-100)104-96-59-27-24-56-92(96)93-68-80(60-61-97(93)104)75-40-16-5-17-41-75/h1-70H. The fourth-order valence-electron chi connectivity index (χ4n) is 15.9. The van der Waals surface area contributed by atoms with Crippen LogP contribution in [0.4, 0.5) is 0 Å². The van der Waals surface area contributed by atoms with Crippen LogP contribution in [0.1, 0.15) is 0 Å². The molecule has 502 valence electrons. The van der Waals surface area contributed by atoms with E-state index in [0.717, 1.165) is 126 Å². The fourth-order valence-corrected chi connectivity index (χ4v) is 23.9. The SMILES string of the molecule is c1ccc(-c2cccc(S(c3ccccc3)(c3cccc(-c4ccccc4)c3)c3cc(-c4nc(-n5c6ccccc6c6ccccc65)cc(-n5c6ccccc6c6cc(-c7ccccc7)ccc65)n4)cc(S(c4ccccc4)(c4cccc(-c5ccccc5)c4)c4cccc(-c5ccccc5)c4)c3)c2)cc1. The summed E-state index contributed by atoms with van der Waals surface area (Å²) in [5.41, 5.74) is 16.5. The molecule has 19 aromatic rings. The number of benzene rings is 16. The van der Waals surface area contributed by atoms with E-state index in [2.05, 4.69) is 434 Å². The fraction of sp³-hybridized carbons (Fsp3) is 0. The van der Waals surface area contributed by atoms with Crippen molar-refractivity contribution in [1.82, 2.24) is 19.1 Å². The minimum Gasteiger partial charge on any atom is -0.294 e. The van der Waals surface area contributed by atoms with Crippen LogP contribution in [0, 0.1) is 0 Å². The van der Waals surface area contributed by atoms with E-state index in [0.29, 0.717) is 5.82 Å². The molecule has 0 aliphatic heterocycles. The molecule has 16 aromatic carbocycles. The first-order valence-electron chi connectivity index (χ1n) is 36.1. The van der Waals surface area contributed by atoms with Crippen molar-refractivity contribution in [1.29, 1.82) is 0 Å². The maximum Gasteiger partial charge on any atom is 0.163 e. The Balaban J connectivity index is 1.00. The van der Waals surface area contributed by atoms with Gasteiger partial charge in [-0.1, -0.05) is 297 Å². The van der Waals surface area contributed by atoms with Gasteiger partial charge in [-0.3, -0.25) is 9.13 Å². The van der Waals surface area contributed by atoms with Crippen molar-refractivity contribution in [2.75, 3.05) is 0 Å². The van der Waals surface area contributed by atoms with Crippen LogP contribution in [-0.2, 0) is 0 Å². The van der Waals surface area contributed by atoms with Crippen molar-refractivity contribution < 1.29 is 0 Å². The Morgan fingerprint density at radius 2 is 0.415 bits per heavy atom. The Labute approximate surface area is 620 Å². The molecule has 0 radical (unpaired) electrons. The number of nitrogens with zero attached hydrogens (tertiary/aromatic N) is 4. The van der Waals surface area contributed by atoms with Crippen molar-refractivity contribution in [3.05, 3.63) is 425 Å². The summed E-state index contributed by atoms with van der Waals surface area (Å²) in [5.74, 6) is 2.07. The van der Waals surface area contributed by atoms with Crippen LogP contribution in [0.2, 0.25) is 0 Å². The third-order valence-electron chi connectivity index (χ3n) is 20.7. The van der Waals surface area contributed by atoms with E-state index in [1.54, 1.807) is 0 Å². The Hall–Kier alpha value is -13.1. The van der Waals surface area contributed by atoms with Gasteiger partial charge in [-0.05, 0) is 177 Å². The van der Waals surface area contributed by atoms with Gasteiger partial charge in [0.05, 0.1) is 22.1 Å². The van der Waals surface area contributed by atoms with Crippen LogP contribution in [0.5, 0.6) is 0 Å². The second kappa shape index (κ2) is 27.3. The average molecular weight is 1390 g/mol. The van der Waals surface area contributed by atoms with Crippen LogP contribution < -0.4 is 0 Å². The van der Waals surface area contributed by atoms with Gasteiger partial charge < -0.3 is 0 Å². The van der Waals surface area contributed by atoms with Gasteiger partial charge >= 0.3 is 0 Å². The lowest BCUT2D eigenvalue weighted by molar-refractivity contribution is 0.992. The summed E-state index contributed by atoms with van der Waals surface area (Å²) in [6, 6.07) is 158. The van der Waals surface area contributed by atoms with Gasteiger partial charge in [0, 0.05) is 72.3 Å². The first kappa shape index (κ1) is 63.8. The lowest BCUT2D eigenvalue weighted by Gasteiger charge is -2.46. The second-order valence-corrected chi connectivity index (χ2v) is 33.1. The molecule has 0 bridgehead atoms. The zero-order valence-corrected chi connectivity index (χ0v) is 59.7. The predicted octanol–water partition coefficient (Wildman–Crippen LogP) is 27.4. The number of aromatic nitrogens is 4. The van der Waals surface area contributed by atoms with E-state index in [-0.39, 0.29) is 0 Å². The van der Waals surface area contributed by atoms with E-state index in [9.17, 15) is 0 Å². The molecule has 6 heteroatoms.